The van der Waals surface area contributed by atoms with E-state index in [2.05, 4.69) is 26.8 Å². The van der Waals surface area contributed by atoms with Gasteiger partial charge in [-0.15, -0.1) is 6.58 Å². The monoisotopic (exact) mass is 606 g/mol. The minimum atomic E-state index is -0.609. The summed E-state index contributed by atoms with van der Waals surface area (Å²) in [4.78, 5) is 45.2. The number of aromatic nitrogens is 6. The van der Waals surface area contributed by atoms with E-state index in [0.717, 1.165) is 0 Å². The fourth-order valence-electron chi connectivity index (χ4n) is 4.66. The number of piperidine rings is 1. The number of alkyl halides is 1. The number of allylic oxidation sites excluding steroid dienone is 1. The van der Waals surface area contributed by atoms with Gasteiger partial charge < -0.3 is 24.4 Å². The molecule has 1 amide bonds. The van der Waals surface area contributed by atoms with Crippen LogP contribution >= 0.6 is 0 Å². The van der Waals surface area contributed by atoms with E-state index in [1.807, 2.05) is 20.8 Å². The number of pyridine rings is 2. The first-order chi connectivity index (χ1) is 21.1. The first-order valence-corrected chi connectivity index (χ1v) is 14.3. The van der Waals surface area contributed by atoms with Crippen LogP contribution in [0.2, 0.25) is 0 Å². The van der Waals surface area contributed by atoms with Crippen LogP contribution in [0, 0.1) is 0 Å². The molecule has 5 heterocycles. The Kier molecular flexibility index (Phi) is 9.07. The van der Waals surface area contributed by atoms with Gasteiger partial charge in [-0.25, -0.2) is 28.5 Å². The topological polar surface area (TPSA) is 139 Å². The number of nitrogens with one attached hydrogen (secondary N) is 1. The fourth-order valence-corrected chi connectivity index (χ4v) is 4.66. The Balaban J connectivity index is 1.37. The maximum Gasteiger partial charge on any atom is 0.410 e. The highest BCUT2D eigenvalue weighted by atomic mass is 19.1. The Labute approximate surface area is 253 Å². The van der Waals surface area contributed by atoms with Crippen molar-refractivity contribution in [3.8, 4) is 17.6 Å². The Morgan fingerprint density at radius 2 is 1.91 bits per heavy atom. The average molecular weight is 607 g/mol. The second kappa shape index (κ2) is 13.1. The lowest BCUT2D eigenvalue weighted by molar-refractivity contribution is 0.0123. The van der Waals surface area contributed by atoms with Gasteiger partial charge >= 0.3 is 6.09 Å². The summed E-state index contributed by atoms with van der Waals surface area (Å²) in [6.07, 6.45) is 5.35. The molecule has 232 valence electrons. The first kappa shape index (κ1) is 30.4. The molecule has 1 fully saturated rings. The van der Waals surface area contributed by atoms with Crippen molar-refractivity contribution >= 4 is 28.8 Å². The van der Waals surface area contributed by atoms with Gasteiger partial charge in [-0.2, -0.15) is 9.97 Å². The van der Waals surface area contributed by atoms with Crippen molar-refractivity contribution in [3.05, 3.63) is 65.7 Å². The lowest BCUT2D eigenvalue weighted by Gasteiger charge is -2.33. The fraction of sp³-hybridized carbons (Fsp3) is 0.400. The van der Waals surface area contributed by atoms with E-state index in [9.17, 15) is 14.0 Å². The number of ether oxygens (including phenoxy) is 3. The number of amides is 1. The number of hydrogen-bond donors (Lipinski definition) is 1. The van der Waals surface area contributed by atoms with Crippen LogP contribution in [0.5, 0.6) is 11.8 Å². The molecule has 0 unspecified atom stereocenters. The summed E-state index contributed by atoms with van der Waals surface area (Å²) in [7, 11) is 0. The molecule has 0 atom stereocenters. The molecule has 0 spiro atoms. The molecule has 0 saturated carbocycles. The minimum absolute atomic E-state index is 0.0770. The highest BCUT2D eigenvalue weighted by Gasteiger charge is 2.28. The third kappa shape index (κ3) is 7.13. The number of rotatable bonds is 10. The predicted octanol–water partition coefficient (Wildman–Crippen LogP) is 4.43. The number of halogens is 1. The molecule has 5 rings (SSSR count). The van der Waals surface area contributed by atoms with Crippen molar-refractivity contribution in [2.45, 2.75) is 51.9 Å². The van der Waals surface area contributed by atoms with Gasteiger partial charge in [0.1, 0.15) is 30.4 Å². The Morgan fingerprint density at radius 3 is 2.59 bits per heavy atom. The molecule has 0 aromatic carbocycles. The number of fused-ring (bicyclic) bond motifs is 1. The number of hydrogen-bond acceptors (Lipinski definition) is 10. The van der Waals surface area contributed by atoms with Crippen LogP contribution < -0.4 is 20.3 Å². The Bertz CT molecular complexity index is 1670. The normalized spacial score (nSPS) is 14.0. The molecule has 13 nitrogen and oxygen atoms in total. The van der Waals surface area contributed by atoms with Crippen LogP contribution in [0.1, 0.15) is 33.6 Å². The van der Waals surface area contributed by atoms with E-state index >= 15 is 0 Å². The van der Waals surface area contributed by atoms with Crippen molar-refractivity contribution in [1.82, 2.24) is 34.2 Å². The highest BCUT2D eigenvalue weighted by Crippen LogP contribution is 2.23. The van der Waals surface area contributed by atoms with Gasteiger partial charge in [0, 0.05) is 44.3 Å². The van der Waals surface area contributed by atoms with Crippen molar-refractivity contribution in [2.75, 3.05) is 31.7 Å². The standard InChI is InChI=1S/C30H35FN8O5/c1-5-14-38-27(40)22-19-33-28(34-20-9-10-24(32-18-20)42-17-13-31)36-26(22)39(38)23-7-6-8-25(35-23)43-21-11-15-37(16-12-21)29(41)44-30(2,3)4/h5-10,18-19,21H,1,11-17H2,2-4H3,(H,33,34,36). The van der Waals surface area contributed by atoms with Crippen LogP contribution in [0.15, 0.2) is 60.2 Å². The van der Waals surface area contributed by atoms with Crippen LogP contribution in [0.4, 0.5) is 20.8 Å². The zero-order chi connectivity index (χ0) is 31.3. The van der Waals surface area contributed by atoms with Crippen LogP contribution in [0.25, 0.3) is 16.9 Å². The van der Waals surface area contributed by atoms with Crippen LogP contribution in [-0.4, -0.2) is 78.4 Å². The van der Waals surface area contributed by atoms with Gasteiger partial charge in [0.15, 0.2) is 11.5 Å². The zero-order valence-electron chi connectivity index (χ0n) is 24.9. The molecule has 0 radical (unpaired) electrons. The maximum absolute atomic E-state index is 13.3. The third-order valence-corrected chi connectivity index (χ3v) is 6.60. The zero-order valence-corrected chi connectivity index (χ0v) is 24.9. The molecule has 4 aromatic rings. The molecule has 1 aliphatic heterocycles. The van der Waals surface area contributed by atoms with Crippen LogP contribution in [-0.2, 0) is 11.3 Å². The summed E-state index contributed by atoms with van der Waals surface area (Å²) < 4.78 is 32.3. The molecule has 1 saturated heterocycles. The summed E-state index contributed by atoms with van der Waals surface area (Å²) in [5, 5.41) is 3.37. The molecule has 1 aliphatic rings. The Morgan fingerprint density at radius 1 is 1.11 bits per heavy atom. The van der Waals surface area contributed by atoms with E-state index in [1.165, 1.54) is 17.1 Å². The number of anilines is 2. The number of carbonyl (C=O) groups is 1. The number of likely N-dealkylation sites (tertiary alicyclic amines) is 1. The molecule has 4 aromatic heterocycles. The van der Waals surface area contributed by atoms with E-state index in [4.69, 9.17) is 19.2 Å². The minimum Gasteiger partial charge on any atom is -0.475 e. The summed E-state index contributed by atoms with van der Waals surface area (Å²) in [6, 6.07) is 8.60. The van der Waals surface area contributed by atoms with Gasteiger partial charge in [-0.05, 0) is 32.9 Å². The molecular weight excluding hydrogens is 571 g/mol. The van der Waals surface area contributed by atoms with Crippen molar-refractivity contribution in [1.29, 1.82) is 0 Å². The lowest BCUT2D eigenvalue weighted by atomic mass is 10.1. The summed E-state index contributed by atoms with van der Waals surface area (Å²) in [5.74, 6) is 1.32. The van der Waals surface area contributed by atoms with E-state index in [-0.39, 0.29) is 36.9 Å². The second-order valence-corrected chi connectivity index (χ2v) is 11.1. The quantitative estimate of drug-likeness (QED) is 0.258. The average Bonchev–Trinajstić information content (AvgIpc) is 3.27. The molecular formula is C30H35FN8O5. The molecule has 14 heteroatoms. The van der Waals surface area contributed by atoms with Crippen LogP contribution in [0.3, 0.4) is 0 Å². The van der Waals surface area contributed by atoms with Gasteiger partial charge in [0.2, 0.25) is 17.7 Å². The number of nitrogens with zero attached hydrogens (tertiary/aromatic N) is 7. The highest BCUT2D eigenvalue weighted by molar-refractivity contribution is 5.77. The molecule has 0 bridgehead atoms. The third-order valence-electron chi connectivity index (χ3n) is 6.60. The van der Waals surface area contributed by atoms with Gasteiger partial charge in [-0.3, -0.25) is 4.79 Å². The van der Waals surface area contributed by atoms with E-state index < -0.39 is 12.3 Å². The van der Waals surface area contributed by atoms with Gasteiger partial charge in [0.05, 0.1) is 18.4 Å². The predicted molar refractivity (Wildman–Crippen MR) is 162 cm³/mol. The summed E-state index contributed by atoms with van der Waals surface area (Å²) in [5.41, 5.74) is 0.0505. The molecule has 1 N–H and O–H groups in total. The van der Waals surface area contributed by atoms with Crippen molar-refractivity contribution < 1.29 is 23.4 Å². The smallest absolute Gasteiger partial charge is 0.410 e. The van der Waals surface area contributed by atoms with Gasteiger partial charge in [0.25, 0.3) is 5.56 Å². The maximum atomic E-state index is 13.3. The molecule has 44 heavy (non-hydrogen) atoms. The summed E-state index contributed by atoms with van der Waals surface area (Å²) in [6.45, 7) is 9.86. The first-order valence-electron chi connectivity index (χ1n) is 14.3. The second-order valence-electron chi connectivity index (χ2n) is 11.1. The Hall–Kier alpha value is -5.01. The number of carbonyl (C=O) groups excluding carboxylic acids is 1. The van der Waals surface area contributed by atoms with Crippen molar-refractivity contribution in [3.63, 3.8) is 0 Å². The largest absolute Gasteiger partial charge is 0.475 e. The van der Waals surface area contributed by atoms with E-state index in [0.29, 0.717) is 60.2 Å². The summed E-state index contributed by atoms with van der Waals surface area (Å²) >= 11 is 0. The lowest BCUT2D eigenvalue weighted by Crippen LogP contribution is -2.44. The van der Waals surface area contributed by atoms with E-state index in [1.54, 1.807) is 46.0 Å². The van der Waals surface area contributed by atoms with Gasteiger partial charge in [-0.1, -0.05) is 12.1 Å². The van der Waals surface area contributed by atoms with Crippen molar-refractivity contribution in [2.24, 2.45) is 0 Å². The molecule has 0 aliphatic carbocycles. The SMILES string of the molecule is C=CCn1c(=O)c2cnc(Nc3ccc(OCCF)nc3)nc2n1-c1cccc(OC2CCN(C(=O)OC(C)(C)C)CC2)n1.